The molecule has 0 spiro atoms. The average molecular weight is 342 g/mol. The molecule has 2 aromatic carbocycles. The second kappa shape index (κ2) is 7.39. The molecule has 1 amide bonds. The summed E-state index contributed by atoms with van der Waals surface area (Å²) in [5.41, 5.74) is 2.00. The fourth-order valence-electron chi connectivity index (χ4n) is 1.97. The van der Waals surface area contributed by atoms with Crippen LogP contribution in [0.1, 0.15) is 11.1 Å². The lowest BCUT2D eigenvalue weighted by molar-refractivity contribution is -0.123. The van der Waals surface area contributed by atoms with Crippen LogP contribution < -0.4 is 4.74 Å². The number of hydrazone groups is 1. The van der Waals surface area contributed by atoms with Gasteiger partial charge in [0, 0.05) is 0 Å². The maximum Gasteiger partial charge on any atom is 0.259 e. The third-order valence-electron chi connectivity index (χ3n) is 3.18. The first-order valence-corrected chi connectivity index (χ1v) is 8.42. The van der Waals surface area contributed by atoms with Gasteiger partial charge in [-0.1, -0.05) is 54.3 Å². The Morgan fingerprint density at radius 2 is 1.91 bits per heavy atom. The highest BCUT2D eigenvalue weighted by atomic mass is 32.2. The predicted octanol–water partition coefficient (Wildman–Crippen LogP) is 3.46. The molecule has 6 heteroatoms. The van der Waals surface area contributed by atoms with Gasteiger partial charge < -0.3 is 4.74 Å². The maximum atomic E-state index is 11.6. The molecule has 1 saturated heterocycles. The lowest BCUT2D eigenvalue weighted by atomic mass is 10.2. The van der Waals surface area contributed by atoms with Crippen LogP contribution in [-0.2, 0) is 11.4 Å². The van der Waals surface area contributed by atoms with Gasteiger partial charge in [0.15, 0.2) is 4.32 Å². The summed E-state index contributed by atoms with van der Waals surface area (Å²) in [5, 5.41) is 5.40. The fraction of sp³-hybridized carbons (Fsp3) is 0.118. The number of carbonyl (C=O) groups is 1. The second-order valence-corrected chi connectivity index (χ2v) is 6.46. The Labute approximate surface area is 144 Å². The van der Waals surface area contributed by atoms with Crippen molar-refractivity contribution in [1.82, 2.24) is 5.01 Å². The first-order valence-electron chi connectivity index (χ1n) is 7.03. The Balaban J connectivity index is 1.59. The Morgan fingerprint density at radius 1 is 1.17 bits per heavy atom. The summed E-state index contributed by atoms with van der Waals surface area (Å²) in [6.07, 6.45) is 1.62. The van der Waals surface area contributed by atoms with Gasteiger partial charge >= 0.3 is 0 Å². The van der Waals surface area contributed by atoms with Crippen molar-refractivity contribution in [3.05, 3.63) is 65.7 Å². The van der Waals surface area contributed by atoms with E-state index in [9.17, 15) is 4.79 Å². The van der Waals surface area contributed by atoms with Crippen molar-refractivity contribution >= 4 is 40.4 Å². The van der Waals surface area contributed by atoms with Crippen LogP contribution >= 0.6 is 24.0 Å². The van der Waals surface area contributed by atoms with Crippen molar-refractivity contribution in [3.63, 3.8) is 0 Å². The van der Waals surface area contributed by atoms with Gasteiger partial charge in [-0.2, -0.15) is 10.1 Å². The summed E-state index contributed by atoms with van der Waals surface area (Å²) in [6, 6.07) is 17.5. The lowest BCUT2D eigenvalue weighted by Crippen LogP contribution is -2.22. The van der Waals surface area contributed by atoms with E-state index in [4.69, 9.17) is 17.0 Å². The monoisotopic (exact) mass is 342 g/mol. The Morgan fingerprint density at radius 3 is 2.57 bits per heavy atom. The molecule has 4 nitrogen and oxygen atoms in total. The van der Waals surface area contributed by atoms with Crippen LogP contribution in [0.5, 0.6) is 5.75 Å². The van der Waals surface area contributed by atoms with Gasteiger partial charge in [-0.25, -0.2) is 0 Å². The van der Waals surface area contributed by atoms with Crippen molar-refractivity contribution < 1.29 is 9.53 Å². The van der Waals surface area contributed by atoms with Crippen molar-refractivity contribution in [2.45, 2.75) is 6.61 Å². The number of hydrogen-bond acceptors (Lipinski definition) is 5. The van der Waals surface area contributed by atoms with E-state index in [0.29, 0.717) is 16.7 Å². The standard InChI is InChI=1S/C17H14N2O2S2/c20-16-12-23-17(22)19(16)18-10-13-6-8-15(9-7-13)21-11-14-4-2-1-3-5-14/h1-10H,11-12H2/b18-10-. The third kappa shape index (κ3) is 4.18. The summed E-state index contributed by atoms with van der Waals surface area (Å²) >= 11 is 6.40. The smallest absolute Gasteiger partial charge is 0.259 e. The molecule has 1 aliphatic heterocycles. The largest absolute Gasteiger partial charge is 0.489 e. The topological polar surface area (TPSA) is 41.9 Å². The van der Waals surface area contributed by atoms with Crippen molar-refractivity contribution in [2.24, 2.45) is 5.10 Å². The number of rotatable bonds is 5. The number of thioether (sulfide) groups is 1. The minimum atomic E-state index is -0.0842. The second-order valence-electron chi connectivity index (χ2n) is 4.85. The Hall–Kier alpha value is -2.18. The molecule has 0 aliphatic carbocycles. The van der Waals surface area contributed by atoms with Crippen LogP contribution in [0.25, 0.3) is 0 Å². The molecule has 0 unspecified atom stereocenters. The van der Waals surface area contributed by atoms with E-state index in [-0.39, 0.29) is 5.91 Å². The van der Waals surface area contributed by atoms with Crippen LogP contribution in [0, 0.1) is 0 Å². The first-order chi connectivity index (χ1) is 11.2. The van der Waals surface area contributed by atoms with Gasteiger partial charge in [-0.05, 0) is 35.4 Å². The molecule has 1 aliphatic rings. The number of amides is 1. The normalized spacial score (nSPS) is 14.7. The molecule has 3 rings (SSSR count). The molecule has 1 fully saturated rings. The summed E-state index contributed by atoms with van der Waals surface area (Å²) in [4.78, 5) is 11.6. The van der Waals surface area contributed by atoms with Gasteiger partial charge in [0.1, 0.15) is 12.4 Å². The van der Waals surface area contributed by atoms with Gasteiger partial charge in [-0.3, -0.25) is 4.79 Å². The number of ether oxygens (including phenoxy) is 1. The van der Waals surface area contributed by atoms with Gasteiger partial charge in [0.05, 0.1) is 12.0 Å². The highest BCUT2D eigenvalue weighted by Gasteiger charge is 2.25. The molecule has 2 aromatic rings. The lowest BCUT2D eigenvalue weighted by Gasteiger charge is -2.07. The minimum absolute atomic E-state index is 0.0842. The zero-order chi connectivity index (χ0) is 16.1. The third-order valence-corrected chi connectivity index (χ3v) is 4.52. The average Bonchev–Trinajstić information content (AvgIpc) is 2.91. The van der Waals surface area contributed by atoms with Crippen LogP contribution in [0.2, 0.25) is 0 Å². The number of hydrogen-bond donors (Lipinski definition) is 0. The van der Waals surface area contributed by atoms with Crippen LogP contribution in [-0.4, -0.2) is 27.2 Å². The van der Waals surface area contributed by atoms with Crippen LogP contribution in [0.3, 0.4) is 0 Å². The SMILES string of the molecule is O=C1CSC(=S)N1/N=C\c1ccc(OCc2ccccc2)cc1. The highest BCUT2D eigenvalue weighted by Crippen LogP contribution is 2.19. The summed E-state index contributed by atoms with van der Waals surface area (Å²) in [5.74, 6) is 1.07. The summed E-state index contributed by atoms with van der Waals surface area (Å²) < 4.78 is 6.22. The van der Waals surface area contributed by atoms with E-state index in [1.54, 1.807) is 6.21 Å². The van der Waals surface area contributed by atoms with Crippen LogP contribution in [0.15, 0.2) is 59.7 Å². The molecular formula is C17H14N2O2S2. The van der Waals surface area contributed by atoms with E-state index in [0.717, 1.165) is 16.9 Å². The zero-order valence-electron chi connectivity index (χ0n) is 12.2. The fourth-order valence-corrected chi connectivity index (χ4v) is 2.94. The van der Waals surface area contributed by atoms with Gasteiger partial charge in [-0.15, -0.1) is 0 Å². The van der Waals surface area contributed by atoms with E-state index < -0.39 is 0 Å². The Kier molecular flexibility index (Phi) is 5.05. The molecule has 0 N–H and O–H groups in total. The molecule has 0 saturated carbocycles. The maximum absolute atomic E-state index is 11.6. The van der Waals surface area contributed by atoms with Crippen LogP contribution in [0.4, 0.5) is 0 Å². The molecule has 0 bridgehead atoms. The number of thiocarbonyl (C=S) groups is 1. The quantitative estimate of drug-likeness (QED) is 0.616. The highest BCUT2D eigenvalue weighted by molar-refractivity contribution is 8.23. The van der Waals surface area contributed by atoms with Crippen molar-refractivity contribution in [3.8, 4) is 5.75 Å². The number of benzene rings is 2. The molecule has 23 heavy (non-hydrogen) atoms. The molecule has 116 valence electrons. The van der Waals surface area contributed by atoms with Crippen molar-refractivity contribution in [1.29, 1.82) is 0 Å². The molecule has 0 aromatic heterocycles. The van der Waals surface area contributed by atoms with E-state index >= 15 is 0 Å². The van der Waals surface area contributed by atoms with E-state index in [1.807, 2.05) is 54.6 Å². The van der Waals surface area contributed by atoms with E-state index in [2.05, 4.69) is 5.10 Å². The number of nitrogens with zero attached hydrogens (tertiary/aromatic N) is 2. The van der Waals surface area contributed by atoms with Gasteiger partial charge in [0.2, 0.25) is 0 Å². The number of carbonyl (C=O) groups excluding carboxylic acids is 1. The summed E-state index contributed by atoms with van der Waals surface area (Å²) in [7, 11) is 0. The molecule has 1 heterocycles. The molecule has 0 radical (unpaired) electrons. The van der Waals surface area contributed by atoms with Crippen molar-refractivity contribution in [2.75, 3.05) is 5.75 Å². The predicted molar refractivity (Wildman–Crippen MR) is 96.7 cm³/mol. The first kappa shape index (κ1) is 15.7. The summed E-state index contributed by atoms with van der Waals surface area (Å²) in [6.45, 7) is 0.530. The zero-order valence-corrected chi connectivity index (χ0v) is 13.8. The molecular weight excluding hydrogens is 328 g/mol. The Bertz CT molecular complexity index is 714. The molecule has 0 atom stereocenters. The minimum Gasteiger partial charge on any atom is -0.489 e. The van der Waals surface area contributed by atoms with Gasteiger partial charge in [0.25, 0.3) is 5.91 Å². The van der Waals surface area contributed by atoms with E-state index in [1.165, 1.54) is 16.8 Å².